The predicted octanol–water partition coefficient (Wildman–Crippen LogP) is 5.33. The lowest BCUT2D eigenvalue weighted by atomic mass is 10.1. The van der Waals surface area contributed by atoms with Crippen LogP contribution in [0.4, 0.5) is 5.69 Å². The number of nitrogens with zero attached hydrogens (tertiary/aromatic N) is 2. The lowest BCUT2D eigenvalue weighted by molar-refractivity contribution is -0.133. The molecular weight excluding hydrogens is 434 g/mol. The molecule has 0 saturated heterocycles. The van der Waals surface area contributed by atoms with Gasteiger partial charge in [0.25, 0.3) is 0 Å². The monoisotopic (exact) mass is 469 g/mol. The number of hydrogen-bond donors (Lipinski definition) is 1. The molecule has 35 heavy (non-hydrogen) atoms. The smallest absolute Gasteiger partial charge is 0.238 e. The van der Waals surface area contributed by atoms with E-state index in [1.165, 1.54) is 0 Å². The van der Waals surface area contributed by atoms with Crippen LogP contribution in [0.5, 0.6) is 0 Å². The predicted molar refractivity (Wildman–Crippen MR) is 141 cm³/mol. The first kappa shape index (κ1) is 24.7. The zero-order chi connectivity index (χ0) is 24.6. The largest absolute Gasteiger partial charge is 0.334 e. The standard InChI is InChI=1S/C30H35N3O2/c1-23-13-14-24(2)28(19-23)31-29(34)22-32(27-15-16-27)18-17-30(35)33(20-25-9-5-3-6-10-25)21-26-11-7-4-8-12-26/h3-14,19,27H,15-18,20-22H2,1-2H3,(H,31,34). The van der Waals surface area contributed by atoms with Gasteiger partial charge in [0.15, 0.2) is 0 Å². The van der Waals surface area contributed by atoms with Gasteiger partial charge in [-0.05, 0) is 55.0 Å². The van der Waals surface area contributed by atoms with Crippen LogP contribution in [0.25, 0.3) is 0 Å². The molecule has 0 heterocycles. The van der Waals surface area contributed by atoms with Gasteiger partial charge in [0.05, 0.1) is 6.54 Å². The Bertz CT molecular complexity index is 1090. The van der Waals surface area contributed by atoms with Crippen molar-refractivity contribution in [1.29, 1.82) is 0 Å². The first-order valence-electron chi connectivity index (χ1n) is 12.4. The van der Waals surface area contributed by atoms with Crippen LogP contribution in [0.1, 0.15) is 41.5 Å². The van der Waals surface area contributed by atoms with Gasteiger partial charge < -0.3 is 10.2 Å². The van der Waals surface area contributed by atoms with E-state index in [4.69, 9.17) is 0 Å². The molecule has 3 aromatic rings. The average molecular weight is 470 g/mol. The highest BCUT2D eigenvalue weighted by Crippen LogP contribution is 2.27. The molecule has 0 aliphatic heterocycles. The normalized spacial score (nSPS) is 13.0. The van der Waals surface area contributed by atoms with Gasteiger partial charge in [-0.15, -0.1) is 0 Å². The fourth-order valence-corrected chi connectivity index (χ4v) is 4.31. The summed E-state index contributed by atoms with van der Waals surface area (Å²) >= 11 is 0. The van der Waals surface area contributed by atoms with Crippen LogP contribution in [-0.2, 0) is 22.7 Å². The summed E-state index contributed by atoms with van der Waals surface area (Å²) < 4.78 is 0. The van der Waals surface area contributed by atoms with Crippen molar-refractivity contribution in [3.05, 3.63) is 101 Å². The van der Waals surface area contributed by atoms with Crippen molar-refractivity contribution in [1.82, 2.24) is 9.80 Å². The molecule has 0 atom stereocenters. The zero-order valence-electron chi connectivity index (χ0n) is 20.7. The quantitative estimate of drug-likeness (QED) is 0.413. The second-order valence-corrected chi connectivity index (χ2v) is 9.54. The van der Waals surface area contributed by atoms with Crippen molar-refractivity contribution in [2.24, 2.45) is 0 Å². The Morgan fingerprint density at radius 2 is 1.46 bits per heavy atom. The minimum absolute atomic E-state index is 0.0246. The molecule has 0 radical (unpaired) electrons. The van der Waals surface area contributed by atoms with Crippen LogP contribution >= 0.6 is 0 Å². The lowest BCUT2D eigenvalue weighted by Gasteiger charge is -2.26. The number of amides is 2. The van der Waals surface area contributed by atoms with Crippen molar-refractivity contribution in [3.63, 3.8) is 0 Å². The maximum absolute atomic E-state index is 13.4. The van der Waals surface area contributed by atoms with E-state index in [1.54, 1.807) is 0 Å². The number of rotatable bonds is 11. The Hall–Kier alpha value is -3.44. The molecule has 0 unspecified atom stereocenters. The number of nitrogens with one attached hydrogen (secondary N) is 1. The summed E-state index contributed by atoms with van der Waals surface area (Å²) in [5, 5.41) is 3.06. The van der Waals surface area contributed by atoms with Crippen molar-refractivity contribution in [2.45, 2.75) is 52.2 Å². The molecule has 4 rings (SSSR count). The SMILES string of the molecule is Cc1ccc(C)c(NC(=O)CN(CCC(=O)N(Cc2ccccc2)Cc2ccccc2)C2CC2)c1. The van der Waals surface area contributed by atoms with Gasteiger partial charge in [0.2, 0.25) is 11.8 Å². The van der Waals surface area contributed by atoms with Gasteiger partial charge in [0, 0.05) is 37.8 Å². The summed E-state index contributed by atoms with van der Waals surface area (Å²) in [5.41, 5.74) is 5.26. The molecule has 2 amide bonds. The maximum Gasteiger partial charge on any atom is 0.238 e. The second kappa shape index (κ2) is 11.8. The van der Waals surface area contributed by atoms with Crippen LogP contribution in [-0.4, -0.2) is 40.7 Å². The fraction of sp³-hybridized carbons (Fsp3) is 0.333. The van der Waals surface area contributed by atoms with E-state index in [2.05, 4.69) is 34.5 Å². The van der Waals surface area contributed by atoms with E-state index in [9.17, 15) is 9.59 Å². The molecule has 182 valence electrons. The highest BCUT2D eigenvalue weighted by Gasteiger charge is 2.31. The summed E-state index contributed by atoms with van der Waals surface area (Å²) in [6.07, 6.45) is 2.57. The third-order valence-electron chi connectivity index (χ3n) is 6.48. The molecule has 3 aromatic carbocycles. The van der Waals surface area contributed by atoms with E-state index in [0.717, 1.165) is 40.8 Å². The van der Waals surface area contributed by atoms with E-state index >= 15 is 0 Å². The van der Waals surface area contributed by atoms with Gasteiger partial charge in [-0.3, -0.25) is 14.5 Å². The summed E-state index contributed by atoms with van der Waals surface area (Å²) in [4.78, 5) is 30.3. The third kappa shape index (κ3) is 7.52. The molecule has 0 spiro atoms. The maximum atomic E-state index is 13.4. The van der Waals surface area contributed by atoms with Gasteiger partial charge in [-0.1, -0.05) is 72.8 Å². The molecule has 5 nitrogen and oxygen atoms in total. The molecule has 0 aromatic heterocycles. The summed E-state index contributed by atoms with van der Waals surface area (Å²) in [6, 6.07) is 26.7. The topological polar surface area (TPSA) is 52.7 Å². The Balaban J connectivity index is 1.37. The van der Waals surface area contributed by atoms with Gasteiger partial charge in [0.1, 0.15) is 0 Å². The van der Waals surface area contributed by atoms with E-state index in [1.807, 2.05) is 73.3 Å². The van der Waals surface area contributed by atoms with E-state index in [-0.39, 0.29) is 11.8 Å². The van der Waals surface area contributed by atoms with Gasteiger partial charge >= 0.3 is 0 Å². The first-order chi connectivity index (χ1) is 17.0. The van der Waals surface area contributed by atoms with Crippen LogP contribution in [0.15, 0.2) is 78.9 Å². The van der Waals surface area contributed by atoms with Crippen LogP contribution in [0.2, 0.25) is 0 Å². The molecular formula is C30H35N3O2. The van der Waals surface area contributed by atoms with Crippen molar-refractivity contribution >= 4 is 17.5 Å². The molecule has 0 bridgehead atoms. The lowest BCUT2D eigenvalue weighted by Crippen LogP contribution is -2.38. The Morgan fingerprint density at radius 1 is 0.857 bits per heavy atom. The Kier molecular flexibility index (Phi) is 8.32. The Labute approximate surface area is 208 Å². The van der Waals surface area contributed by atoms with Gasteiger partial charge in [-0.25, -0.2) is 0 Å². The number of benzene rings is 3. The molecule has 1 saturated carbocycles. The first-order valence-corrected chi connectivity index (χ1v) is 12.4. The van der Waals surface area contributed by atoms with Crippen LogP contribution in [0, 0.1) is 13.8 Å². The zero-order valence-corrected chi connectivity index (χ0v) is 20.7. The molecule has 1 fully saturated rings. The summed E-state index contributed by atoms with van der Waals surface area (Å²) in [6.45, 7) is 6.07. The van der Waals surface area contributed by atoms with E-state index in [0.29, 0.717) is 38.6 Å². The molecule has 1 aliphatic rings. The minimum Gasteiger partial charge on any atom is -0.334 e. The van der Waals surface area contributed by atoms with Crippen LogP contribution < -0.4 is 5.32 Å². The number of carbonyl (C=O) groups excluding carboxylic acids is 2. The molecule has 1 aliphatic carbocycles. The van der Waals surface area contributed by atoms with Crippen molar-refractivity contribution < 1.29 is 9.59 Å². The highest BCUT2D eigenvalue weighted by atomic mass is 16.2. The minimum atomic E-state index is -0.0246. The molecule has 1 N–H and O–H groups in total. The number of anilines is 1. The van der Waals surface area contributed by atoms with Crippen molar-refractivity contribution in [2.75, 3.05) is 18.4 Å². The second-order valence-electron chi connectivity index (χ2n) is 9.54. The molecule has 5 heteroatoms. The number of aryl methyl sites for hydroxylation is 2. The number of carbonyl (C=O) groups is 2. The number of hydrogen-bond acceptors (Lipinski definition) is 3. The highest BCUT2D eigenvalue weighted by molar-refractivity contribution is 5.93. The van der Waals surface area contributed by atoms with Gasteiger partial charge in [-0.2, -0.15) is 0 Å². The average Bonchev–Trinajstić information content (AvgIpc) is 3.70. The third-order valence-corrected chi connectivity index (χ3v) is 6.48. The summed E-state index contributed by atoms with van der Waals surface area (Å²) in [7, 11) is 0. The van der Waals surface area contributed by atoms with Crippen LogP contribution in [0.3, 0.4) is 0 Å². The van der Waals surface area contributed by atoms with E-state index < -0.39 is 0 Å². The fourth-order valence-electron chi connectivity index (χ4n) is 4.31. The van der Waals surface area contributed by atoms with Crippen molar-refractivity contribution in [3.8, 4) is 0 Å². The Morgan fingerprint density at radius 3 is 2.03 bits per heavy atom. The summed E-state index contributed by atoms with van der Waals surface area (Å²) in [5.74, 6) is 0.0850.